The van der Waals surface area contributed by atoms with E-state index >= 15 is 0 Å². The van der Waals surface area contributed by atoms with Gasteiger partial charge in [-0.05, 0) is 85.6 Å². The fraction of sp³-hybridized carbons (Fsp3) is 0.351. The molecule has 7 rings (SSSR count). The van der Waals surface area contributed by atoms with Crippen molar-refractivity contribution in [1.82, 2.24) is 24.5 Å². The van der Waals surface area contributed by atoms with Crippen LogP contribution in [0.4, 0.5) is 11.4 Å². The van der Waals surface area contributed by atoms with E-state index in [1.54, 1.807) is 40.1 Å². The van der Waals surface area contributed by atoms with Crippen molar-refractivity contribution in [2.24, 2.45) is 0 Å². The fourth-order valence-electron chi connectivity index (χ4n) is 6.38. The number of ether oxygens (including phenoxy) is 3. The van der Waals surface area contributed by atoms with Crippen LogP contribution in [0, 0.1) is 0 Å². The molecule has 4 heterocycles. The van der Waals surface area contributed by atoms with E-state index in [0.29, 0.717) is 29.7 Å². The van der Waals surface area contributed by atoms with Gasteiger partial charge in [-0.2, -0.15) is 15.3 Å². The van der Waals surface area contributed by atoms with Crippen LogP contribution in [-0.4, -0.2) is 70.0 Å². The molecular weight excluding hydrogens is 677 g/mol. The molecule has 1 unspecified atom stereocenters. The van der Waals surface area contributed by atoms with Gasteiger partial charge < -0.3 is 24.0 Å². The maximum atomic E-state index is 12.8. The molecule has 3 aromatic carbocycles. The Morgan fingerprint density at radius 3 is 2.22 bits per heavy atom. The maximum Gasteiger partial charge on any atom is 0.350 e. The number of rotatable bonds is 11. The molecule has 13 heteroatoms. The zero-order valence-electron chi connectivity index (χ0n) is 28.0. The van der Waals surface area contributed by atoms with Crippen LogP contribution in [0.2, 0.25) is 10.0 Å². The number of halogens is 2. The molecule has 0 saturated carbocycles. The highest BCUT2D eigenvalue weighted by atomic mass is 35.5. The first-order valence-corrected chi connectivity index (χ1v) is 17.6. The number of piperazine rings is 1. The molecule has 0 radical (unpaired) electrons. The number of anilines is 2. The molecule has 0 amide bonds. The highest BCUT2D eigenvalue weighted by Gasteiger charge is 2.44. The van der Waals surface area contributed by atoms with Gasteiger partial charge in [0, 0.05) is 55.7 Å². The van der Waals surface area contributed by atoms with E-state index in [2.05, 4.69) is 49.4 Å². The average Bonchev–Trinajstić information content (AvgIpc) is 3.76. The number of benzene rings is 3. The predicted molar refractivity (Wildman–Crippen MR) is 194 cm³/mol. The van der Waals surface area contributed by atoms with Crippen LogP contribution in [0.3, 0.4) is 0 Å². The van der Waals surface area contributed by atoms with Crippen LogP contribution >= 0.6 is 23.2 Å². The minimum atomic E-state index is -1.06. The van der Waals surface area contributed by atoms with Crippen molar-refractivity contribution in [3.63, 3.8) is 0 Å². The standard InChI is InChI=1S/C37H39Cl2N7O4/c1-3-26(2)46-36(47)45(25-42-46)31-7-5-29(6-8-31)43-16-18-44(19-17-43)30-9-11-32(12-10-30)48-23-33-24-49-37(50-33,21-27-14-15-40-41-22-27)28-4-13-34(38)35(39)20-28/h4-15,20,22,25-26,33H,3,16-19,21,23-24H2,1-2H3/t26?,33-,37-/m1/s1. The summed E-state index contributed by atoms with van der Waals surface area (Å²) >= 11 is 12.6. The van der Waals surface area contributed by atoms with Crippen molar-refractivity contribution >= 4 is 34.6 Å². The fourth-order valence-corrected chi connectivity index (χ4v) is 6.67. The van der Waals surface area contributed by atoms with Crippen LogP contribution in [0.15, 0.2) is 96.3 Å². The second kappa shape index (κ2) is 14.8. The van der Waals surface area contributed by atoms with Gasteiger partial charge >= 0.3 is 5.69 Å². The van der Waals surface area contributed by atoms with Gasteiger partial charge in [0.05, 0.1) is 34.6 Å². The summed E-state index contributed by atoms with van der Waals surface area (Å²) in [5, 5.41) is 13.1. The topological polar surface area (TPSA) is 99.8 Å². The van der Waals surface area contributed by atoms with Crippen molar-refractivity contribution in [2.75, 3.05) is 49.2 Å². The lowest BCUT2D eigenvalue weighted by Gasteiger charge is -2.37. The lowest BCUT2D eigenvalue weighted by molar-refractivity contribution is -0.178. The molecule has 0 aliphatic carbocycles. The van der Waals surface area contributed by atoms with Gasteiger partial charge in [0.2, 0.25) is 0 Å². The molecule has 0 N–H and O–H groups in total. The van der Waals surface area contributed by atoms with Crippen molar-refractivity contribution in [3.05, 3.63) is 123 Å². The second-order valence-electron chi connectivity index (χ2n) is 12.6. The Kier molecular flexibility index (Phi) is 10.1. The Morgan fingerprint density at radius 1 is 0.900 bits per heavy atom. The largest absolute Gasteiger partial charge is 0.491 e. The number of hydrogen-bond acceptors (Lipinski definition) is 9. The first-order valence-electron chi connectivity index (χ1n) is 16.8. The van der Waals surface area contributed by atoms with Crippen molar-refractivity contribution in [3.8, 4) is 11.4 Å². The molecule has 0 spiro atoms. The summed E-state index contributed by atoms with van der Waals surface area (Å²) in [6, 6.07) is 23.7. The Labute approximate surface area is 300 Å². The molecule has 50 heavy (non-hydrogen) atoms. The molecule has 3 atom stereocenters. The van der Waals surface area contributed by atoms with Gasteiger partial charge in [0.1, 0.15) is 24.8 Å². The molecule has 2 saturated heterocycles. The summed E-state index contributed by atoms with van der Waals surface area (Å²) in [6.07, 6.45) is 5.92. The van der Waals surface area contributed by atoms with E-state index < -0.39 is 5.79 Å². The zero-order valence-corrected chi connectivity index (χ0v) is 29.5. The number of nitrogens with zero attached hydrogens (tertiary/aromatic N) is 7. The van der Waals surface area contributed by atoms with Gasteiger partial charge in [-0.1, -0.05) is 36.2 Å². The van der Waals surface area contributed by atoms with Crippen molar-refractivity contribution < 1.29 is 14.2 Å². The lowest BCUT2D eigenvalue weighted by Crippen LogP contribution is -2.46. The normalized spacial score (nSPS) is 19.9. The van der Waals surface area contributed by atoms with Crippen molar-refractivity contribution in [2.45, 2.75) is 44.6 Å². The smallest absolute Gasteiger partial charge is 0.350 e. The molecule has 11 nitrogen and oxygen atoms in total. The van der Waals surface area contributed by atoms with E-state index in [0.717, 1.165) is 66.5 Å². The second-order valence-corrected chi connectivity index (χ2v) is 13.5. The summed E-state index contributed by atoms with van der Waals surface area (Å²) in [6.45, 7) is 8.28. The average molecular weight is 717 g/mol. The van der Waals surface area contributed by atoms with E-state index in [1.807, 2.05) is 50.2 Å². The third kappa shape index (κ3) is 7.22. The Bertz CT molecular complexity index is 1950. The van der Waals surface area contributed by atoms with Crippen molar-refractivity contribution in [1.29, 1.82) is 0 Å². The molecular formula is C37H39Cl2N7O4. The number of hydrogen-bond donors (Lipinski definition) is 0. The summed E-state index contributed by atoms with van der Waals surface area (Å²) in [7, 11) is 0. The van der Waals surface area contributed by atoms with E-state index in [-0.39, 0.29) is 17.8 Å². The highest BCUT2D eigenvalue weighted by molar-refractivity contribution is 6.42. The van der Waals surface area contributed by atoms with Gasteiger partial charge in [-0.3, -0.25) is 0 Å². The SMILES string of the molecule is CCC(C)n1ncn(-c2ccc(N3CCN(c4ccc(OC[C@@H]5CO[C@@](Cc6ccnnc6)(c6ccc(Cl)c(Cl)c6)O5)cc4)CC3)cc2)c1=O. The van der Waals surface area contributed by atoms with Gasteiger partial charge in [0.15, 0.2) is 5.79 Å². The summed E-state index contributed by atoms with van der Waals surface area (Å²) in [5.74, 6) is -0.300. The van der Waals surface area contributed by atoms with Gasteiger partial charge in [-0.15, -0.1) is 0 Å². The summed E-state index contributed by atoms with van der Waals surface area (Å²) in [4.78, 5) is 17.6. The first kappa shape index (κ1) is 34.0. The van der Waals surface area contributed by atoms with E-state index in [1.165, 1.54) is 0 Å². The Hall–Kier alpha value is -4.42. The Morgan fingerprint density at radius 2 is 1.58 bits per heavy atom. The summed E-state index contributed by atoms with van der Waals surface area (Å²) in [5.41, 5.74) is 4.67. The third-order valence-corrected chi connectivity index (χ3v) is 10.2. The zero-order chi connectivity index (χ0) is 34.7. The van der Waals surface area contributed by atoms with Crippen LogP contribution in [0.25, 0.3) is 5.69 Å². The molecule has 260 valence electrons. The summed E-state index contributed by atoms with van der Waals surface area (Å²) < 4.78 is 22.2. The quantitative estimate of drug-likeness (QED) is 0.156. The molecule has 2 fully saturated rings. The monoisotopic (exact) mass is 715 g/mol. The van der Waals surface area contributed by atoms with Gasteiger partial charge in [-0.25, -0.2) is 14.0 Å². The molecule has 0 bridgehead atoms. The Balaban J connectivity index is 0.928. The highest BCUT2D eigenvalue weighted by Crippen LogP contribution is 2.40. The molecule has 2 aromatic heterocycles. The van der Waals surface area contributed by atoms with E-state index in [9.17, 15) is 4.79 Å². The van der Waals surface area contributed by atoms with Crippen LogP contribution in [0.1, 0.15) is 37.4 Å². The van der Waals surface area contributed by atoms with Crippen LogP contribution in [-0.2, 0) is 21.7 Å². The molecule has 2 aliphatic rings. The minimum absolute atomic E-state index is 0.0647. The lowest BCUT2D eigenvalue weighted by atomic mass is 9.98. The minimum Gasteiger partial charge on any atom is -0.491 e. The van der Waals surface area contributed by atoms with E-state index in [4.69, 9.17) is 37.4 Å². The first-order chi connectivity index (χ1) is 24.3. The predicted octanol–water partition coefficient (Wildman–Crippen LogP) is 6.32. The molecule has 5 aromatic rings. The number of aromatic nitrogens is 5. The third-order valence-electron chi connectivity index (χ3n) is 9.41. The maximum absolute atomic E-state index is 12.8. The van der Waals surface area contributed by atoms with Crippen LogP contribution in [0.5, 0.6) is 5.75 Å². The van der Waals surface area contributed by atoms with Crippen LogP contribution < -0.4 is 20.2 Å². The van der Waals surface area contributed by atoms with Gasteiger partial charge in [0.25, 0.3) is 0 Å². The molecule has 2 aliphatic heterocycles.